The lowest BCUT2D eigenvalue weighted by Crippen LogP contribution is -2.33. The van der Waals surface area contributed by atoms with Crippen LogP contribution < -0.4 is 31.1 Å². The number of benzene rings is 3. The van der Waals surface area contributed by atoms with Gasteiger partial charge >= 0.3 is 5.97 Å². The van der Waals surface area contributed by atoms with Gasteiger partial charge in [0.25, 0.3) is 0 Å². The fourth-order valence-corrected chi connectivity index (χ4v) is 9.67. The number of carboxylic acids is 1. The fraction of sp³-hybridized carbons (Fsp3) is 0.400. The van der Waals surface area contributed by atoms with Crippen LogP contribution >= 0.6 is 11.6 Å². The number of methoxy groups -OCH3 is 1. The zero-order valence-corrected chi connectivity index (χ0v) is 37.8. The minimum absolute atomic E-state index is 0.0885. The van der Waals surface area contributed by atoms with Crippen LogP contribution in [0.3, 0.4) is 0 Å². The molecule has 2 saturated heterocycles. The molecule has 3 N–H and O–H groups in total. The topological polar surface area (TPSA) is 150 Å². The van der Waals surface area contributed by atoms with E-state index in [4.69, 9.17) is 27.3 Å². The molecule has 4 fully saturated rings. The number of aromatic carboxylic acids is 1. The number of aryl methyl sites for hydroxylation is 1. The molecular weight excluding hydrogens is 852 g/mol. The Balaban J connectivity index is 0.000000181. The first-order valence-corrected chi connectivity index (χ1v) is 22.6. The van der Waals surface area contributed by atoms with Gasteiger partial charge in [0.05, 0.1) is 35.3 Å². The molecule has 0 atom stereocenters. The number of rotatable bonds is 11. The Bertz CT molecular complexity index is 2880. The number of hydrogen-bond acceptors (Lipinski definition) is 9. The van der Waals surface area contributed by atoms with Gasteiger partial charge in [0, 0.05) is 91.8 Å². The number of piperidine rings is 2. The molecule has 0 bridgehead atoms. The number of nitrogens with zero attached hydrogens (tertiary/aromatic N) is 6. The highest BCUT2D eigenvalue weighted by Crippen LogP contribution is 2.45. The van der Waals surface area contributed by atoms with Gasteiger partial charge in [-0.15, -0.1) is 0 Å². The summed E-state index contributed by atoms with van der Waals surface area (Å²) >= 11 is 6.76. The van der Waals surface area contributed by atoms with E-state index in [1.807, 2.05) is 34.2 Å². The summed E-state index contributed by atoms with van der Waals surface area (Å²) in [6.45, 7) is 5.89. The smallest absolute Gasteiger partial charge is 0.341 e. The average Bonchev–Trinajstić information content (AvgIpc) is 4.25. The molecule has 2 aliphatic heterocycles. The van der Waals surface area contributed by atoms with Gasteiger partial charge in [-0.05, 0) is 89.1 Å². The molecule has 15 heteroatoms. The monoisotopic (exact) mass is 905 g/mol. The lowest BCUT2D eigenvalue weighted by Gasteiger charge is -2.33. The van der Waals surface area contributed by atoms with E-state index >= 15 is 4.39 Å². The summed E-state index contributed by atoms with van der Waals surface area (Å²) in [6, 6.07) is 17.2. The van der Waals surface area contributed by atoms with Crippen molar-refractivity contribution in [2.24, 2.45) is 5.73 Å². The summed E-state index contributed by atoms with van der Waals surface area (Å²) in [5, 5.41) is 19.9. The molecule has 340 valence electrons. The Morgan fingerprint density at radius 3 is 2.11 bits per heavy atom. The van der Waals surface area contributed by atoms with Crippen LogP contribution in [0.4, 0.5) is 20.2 Å². The number of nitriles is 1. The van der Waals surface area contributed by atoms with Gasteiger partial charge in [-0.2, -0.15) is 5.26 Å². The quantitative estimate of drug-likeness (QED) is 0.124. The third-order valence-corrected chi connectivity index (χ3v) is 13.4. The summed E-state index contributed by atoms with van der Waals surface area (Å²) in [7, 11) is 3.63. The fourth-order valence-electron chi connectivity index (χ4n) is 9.28. The molecule has 4 heterocycles. The SMILES string of the molecule is COc1c(N2CCC(=C(Cl)CN(C)Cc3ccccc3)CC2)c(F)cc2c(=O)c(C)cn(C3CC3)c12.N#CC(CN)=C1CCN(c2cc3c(cc2F)c(=O)c(C(=O)O)cn3C2CC2)CC1. The van der Waals surface area contributed by atoms with Crippen LogP contribution in [0.1, 0.15) is 84.9 Å². The summed E-state index contributed by atoms with van der Waals surface area (Å²) in [5.74, 6) is -1.81. The van der Waals surface area contributed by atoms with Crippen molar-refractivity contribution in [2.75, 3.05) is 63.2 Å². The van der Waals surface area contributed by atoms with Crippen LogP contribution in [-0.4, -0.2) is 78.5 Å². The molecule has 0 spiro atoms. The van der Waals surface area contributed by atoms with Crippen molar-refractivity contribution >= 4 is 50.8 Å². The van der Waals surface area contributed by atoms with Crippen LogP contribution in [0.25, 0.3) is 21.8 Å². The van der Waals surface area contributed by atoms with E-state index in [1.165, 1.54) is 23.4 Å². The normalized spacial score (nSPS) is 16.4. The van der Waals surface area contributed by atoms with Crippen molar-refractivity contribution in [3.63, 3.8) is 0 Å². The van der Waals surface area contributed by atoms with Gasteiger partial charge in [-0.3, -0.25) is 14.5 Å². The number of aromatic nitrogens is 2. The number of carboxylic acid groups (broad SMARTS) is 1. The third-order valence-electron chi connectivity index (χ3n) is 13.0. The van der Waals surface area contributed by atoms with Crippen LogP contribution in [0.2, 0.25) is 0 Å². The predicted octanol–water partition coefficient (Wildman–Crippen LogP) is 8.57. The predicted molar refractivity (Wildman–Crippen MR) is 251 cm³/mol. The van der Waals surface area contributed by atoms with Gasteiger partial charge < -0.3 is 34.5 Å². The number of fused-ring (bicyclic) bond motifs is 2. The zero-order chi connectivity index (χ0) is 46.1. The number of pyridine rings is 2. The number of hydrogen-bond donors (Lipinski definition) is 2. The molecule has 3 aromatic carbocycles. The highest BCUT2D eigenvalue weighted by Gasteiger charge is 2.32. The second kappa shape index (κ2) is 19.2. The summed E-state index contributed by atoms with van der Waals surface area (Å²) in [5.41, 5.74) is 11.3. The van der Waals surface area contributed by atoms with E-state index in [0.29, 0.717) is 96.3 Å². The van der Waals surface area contributed by atoms with Gasteiger partial charge in [0.1, 0.15) is 17.1 Å². The largest absolute Gasteiger partial charge is 0.492 e. The van der Waals surface area contributed by atoms with E-state index < -0.39 is 23.0 Å². The number of ether oxygens (including phenoxy) is 1. The molecular formula is C50H54ClF2N7O5. The number of carbonyl (C=O) groups is 1. The van der Waals surface area contributed by atoms with Crippen LogP contribution in [0.15, 0.2) is 92.3 Å². The highest BCUT2D eigenvalue weighted by atomic mass is 35.5. The number of likely N-dealkylation sites (N-methyl/N-ethyl adjacent to an activating group) is 1. The second-order valence-electron chi connectivity index (χ2n) is 17.6. The maximum absolute atomic E-state index is 15.5. The molecule has 4 aliphatic rings. The van der Waals surface area contributed by atoms with Crippen LogP contribution in [0, 0.1) is 29.9 Å². The minimum atomic E-state index is -1.31. The maximum Gasteiger partial charge on any atom is 0.341 e. The minimum Gasteiger partial charge on any atom is -0.492 e. The average molecular weight is 906 g/mol. The first-order chi connectivity index (χ1) is 31.3. The third kappa shape index (κ3) is 9.55. The first kappa shape index (κ1) is 45.6. The molecule has 0 unspecified atom stereocenters. The number of anilines is 2. The highest BCUT2D eigenvalue weighted by molar-refractivity contribution is 6.30. The van der Waals surface area contributed by atoms with Crippen molar-refractivity contribution in [2.45, 2.75) is 76.9 Å². The summed E-state index contributed by atoms with van der Waals surface area (Å²) in [6.07, 6.45) is 9.99. The van der Waals surface area contributed by atoms with Crippen molar-refractivity contribution in [1.82, 2.24) is 14.0 Å². The summed E-state index contributed by atoms with van der Waals surface area (Å²) in [4.78, 5) is 43.0. The zero-order valence-electron chi connectivity index (χ0n) is 37.0. The number of nitrogens with two attached hydrogens (primary N) is 1. The molecule has 0 amide bonds. The Hall–Kier alpha value is -6.01. The van der Waals surface area contributed by atoms with Gasteiger partial charge in [0.2, 0.25) is 5.43 Å². The maximum atomic E-state index is 15.5. The lowest BCUT2D eigenvalue weighted by molar-refractivity contribution is 0.0694. The molecule has 9 rings (SSSR count). The Morgan fingerprint density at radius 2 is 1.51 bits per heavy atom. The van der Waals surface area contributed by atoms with E-state index in [9.17, 15) is 23.9 Å². The molecule has 2 aliphatic carbocycles. The Morgan fingerprint density at radius 1 is 0.892 bits per heavy atom. The van der Waals surface area contributed by atoms with Crippen molar-refractivity contribution in [3.8, 4) is 11.8 Å². The van der Waals surface area contributed by atoms with E-state index in [0.717, 1.165) is 61.7 Å². The van der Waals surface area contributed by atoms with Crippen molar-refractivity contribution in [3.05, 3.63) is 131 Å². The summed E-state index contributed by atoms with van der Waals surface area (Å²) < 4.78 is 40.2. The van der Waals surface area contributed by atoms with E-state index in [-0.39, 0.29) is 29.0 Å². The van der Waals surface area contributed by atoms with Crippen molar-refractivity contribution < 1.29 is 23.4 Å². The molecule has 0 radical (unpaired) electrons. The molecule has 2 saturated carbocycles. The van der Waals surface area contributed by atoms with E-state index in [2.05, 4.69) is 34.7 Å². The Labute approximate surface area is 381 Å². The van der Waals surface area contributed by atoms with Crippen LogP contribution in [0.5, 0.6) is 5.75 Å². The van der Waals surface area contributed by atoms with Crippen molar-refractivity contribution in [1.29, 1.82) is 5.26 Å². The molecule has 12 nitrogen and oxygen atoms in total. The van der Waals surface area contributed by atoms with Gasteiger partial charge in [0.15, 0.2) is 17.0 Å². The standard InChI is InChI=1S/C29H33ClFN3O2.C21H21FN4O3/c1-19-16-34(22-9-10-22)26-23(28(19)35)15-25(31)27(29(26)36-3)33-13-11-21(12-14-33)24(30)18-32(2)17-20-7-5-4-6-8-20;22-17-7-15-18(26(14-1-2-14)11-16(20(15)27)21(28)29)8-19(17)25-5-3-12(4-6-25)13(9-23)10-24/h4-8,15-16,22H,9-14,17-18H2,1-3H3;7-8,11,14H,1-6,9,23H2,(H,28,29). The second-order valence-corrected chi connectivity index (χ2v) is 18.0. The van der Waals surface area contributed by atoms with E-state index in [1.54, 1.807) is 24.7 Å². The van der Waals surface area contributed by atoms with Gasteiger partial charge in [-0.25, -0.2) is 13.6 Å². The molecule has 65 heavy (non-hydrogen) atoms. The Kier molecular flexibility index (Phi) is 13.5. The van der Waals surface area contributed by atoms with Gasteiger partial charge in [-0.1, -0.05) is 53.1 Å². The lowest BCUT2D eigenvalue weighted by atomic mass is 9.97. The van der Waals surface area contributed by atoms with Crippen LogP contribution in [-0.2, 0) is 6.54 Å². The number of halogens is 3. The molecule has 5 aromatic rings. The first-order valence-electron chi connectivity index (χ1n) is 22.2. The molecule has 2 aromatic heterocycles.